The van der Waals surface area contributed by atoms with Crippen molar-refractivity contribution in [2.75, 3.05) is 0 Å². The topological polar surface area (TPSA) is 126 Å². The summed E-state index contributed by atoms with van der Waals surface area (Å²) in [6, 6.07) is 35.8. The summed E-state index contributed by atoms with van der Waals surface area (Å²) in [7, 11) is 0. The first-order valence-electron chi connectivity index (χ1n) is 18.4. The minimum Gasteiger partial charge on any atom is -0.354 e. The monoisotopic (exact) mass is 917 g/mol. The van der Waals surface area contributed by atoms with E-state index >= 15 is 0 Å². The number of nitrogens with one attached hydrogen (secondary N) is 2. The average Bonchev–Trinajstić information content (AvgIpc) is 4.10. The van der Waals surface area contributed by atoms with E-state index in [9.17, 15) is 19.2 Å². The number of hydrogen-bond acceptors (Lipinski definition) is 6. The van der Waals surface area contributed by atoms with Crippen molar-refractivity contribution in [2.45, 2.75) is 0 Å². The number of benzene rings is 4. The molecule has 0 unspecified atom stereocenters. The van der Waals surface area contributed by atoms with Gasteiger partial charge in [-0.3, -0.25) is 19.2 Å². The van der Waals surface area contributed by atoms with Crippen molar-refractivity contribution in [1.82, 2.24) is 19.9 Å². The summed E-state index contributed by atoms with van der Waals surface area (Å²) in [5.41, 5.74) is 12.9. The molecule has 9 rings (SSSR count). The van der Waals surface area contributed by atoms with Crippen LogP contribution in [0.15, 0.2) is 121 Å². The maximum Gasteiger partial charge on any atom is 0.252 e. The minimum absolute atomic E-state index is 0. The van der Waals surface area contributed by atoms with E-state index in [0.717, 1.165) is 66.6 Å². The Labute approximate surface area is 378 Å². The first-order chi connectivity index (χ1) is 29.0. The number of aromatic nitrogens is 4. The number of fused-ring (bicyclic) bond motifs is 8. The number of nitrogens with zero attached hydrogens (tertiary/aromatic N) is 2. The smallest absolute Gasteiger partial charge is 0.252 e. The van der Waals surface area contributed by atoms with Crippen LogP contribution >= 0.6 is 46.4 Å². The fraction of sp³-hybridized carbons (Fsp3) is 0. The molecular weight excluding hydrogens is 893 g/mol. The third-order valence-corrected chi connectivity index (χ3v) is 11.2. The summed E-state index contributed by atoms with van der Waals surface area (Å²) in [6.07, 6.45) is 7.72. The van der Waals surface area contributed by atoms with Gasteiger partial charge in [-0.2, -0.15) is 0 Å². The van der Waals surface area contributed by atoms with Crippen molar-refractivity contribution in [3.8, 4) is 44.5 Å². The molecule has 0 spiro atoms. The molecule has 0 aliphatic carbocycles. The van der Waals surface area contributed by atoms with Crippen LogP contribution in [0.25, 0.3) is 90.9 Å². The van der Waals surface area contributed by atoms with Gasteiger partial charge in [0.25, 0.3) is 21.0 Å². The Balaban J connectivity index is 0.00000514. The van der Waals surface area contributed by atoms with Crippen molar-refractivity contribution in [3.63, 3.8) is 0 Å². The van der Waals surface area contributed by atoms with Gasteiger partial charge in [0, 0.05) is 83.6 Å². The summed E-state index contributed by atoms with van der Waals surface area (Å²) in [5.74, 6) is 0. The standard InChI is InChI=1S/C48H26Cl4N4O4.Mn/c49-45(57)29-9-1-25(2-10-29)41-33-17-19-35(53-33)42(26-3-11-30(12-4-26)46(50)58)37-21-23-39(55-37)44(28-7-15-32(16-8-28)48(52)60)40-24-22-38(56-40)43(36-20-18-34(41)54-36)27-5-13-31(14-6-27)47(51)59;/h1-24,53,56H;. The molecule has 0 saturated carbocycles. The Morgan fingerprint density at radius 1 is 0.328 bits per heavy atom. The Hall–Kier alpha value is -6.16. The van der Waals surface area contributed by atoms with Crippen molar-refractivity contribution < 1.29 is 36.2 Å². The van der Waals surface area contributed by atoms with Gasteiger partial charge in [-0.05, 0) is 166 Å². The molecule has 1 radical (unpaired) electrons. The van der Waals surface area contributed by atoms with Crippen molar-refractivity contribution in [2.24, 2.45) is 0 Å². The van der Waals surface area contributed by atoms with Crippen LogP contribution in [0.5, 0.6) is 0 Å². The van der Waals surface area contributed by atoms with Gasteiger partial charge >= 0.3 is 0 Å². The van der Waals surface area contributed by atoms with Crippen LogP contribution in [0, 0.1) is 0 Å². The Bertz CT molecular complexity index is 2770. The first-order valence-corrected chi connectivity index (χ1v) is 19.9. The quantitative estimate of drug-likeness (QED) is 0.115. The van der Waals surface area contributed by atoms with Crippen LogP contribution in [0.2, 0.25) is 0 Å². The van der Waals surface area contributed by atoms with Gasteiger partial charge in [0.1, 0.15) is 0 Å². The number of aromatic amines is 2. The van der Waals surface area contributed by atoms with Crippen molar-refractivity contribution >= 4 is 114 Å². The predicted octanol–water partition coefficient (Wildman–Crippen LogP) is 12.8. The van der Waals surface area contributed by atoms with Crippen LogP contribution in [0.3, 0.4) is 0 Å². The first kappa shape index (κ1) is 41.6. The molecule has 8 nitrogen and oxygen atoms in total. The Kier molecular flexibility index (Phi) is 11.6. The molecule has 2 aliphatic rings. The number of hydrogen-bond donors (Lipinski definition) is 2. The van der Waals surface area contributed by atoms with E-state index < -0.39 is 21.0 Å². The molecule has 3 aromatic heterocycles. The minimum atomic E-state index is -0.572. The van der Waals surface area contributed by atoms with E-state index in [4.69, 9.17) is 56.4 Å². The molecule has 2 aliphatic heterocycles. The molecule has 2 N–H and O–H groups in total. The third-order valence-electron chi connectivity index (χ3n) is 10.4. The van der Waals surface area contributed by atoms with Gasteiger partial charge in [0.15, 0.2) is 0 Å². The van der Waals surface area contributed by atoms with Gasteiger partial charge in [0.05, 0.1) is 22.8 Å². The summed E-state index contributed by atoms with van der Waals surface area (Å²) >= 11 is 23.4. The maximum atomic E-state index is 12.1. The molecule has 0 amide bonds. The van der Waals surface area contributed by atoms with E-state index in [1.165, 1.54) is 0 Å². The molecule has 0 fully saturated rings. The second-order valence-electron chi connectivity index (χ2n) is 13.9. The normalized spacial score (nSPS) is 11.6. The molecule has 8 bridgehead atoms. The van der Waals surface area contributed by atoms with Gasteiger partial charge in [0.2, 0.25) is 0 Å². The Morgan fingerprint density at radius 2 is 0.525 bits per heavy atom. The number of carbonyl (C=O) groups is 4. The fourth-order valence-corrected chi connectivity index (χ4v) is 8.00. The molecule has 297 valence electrons. The van der Waals surface area contributed by atoms with Gasteiger partial charge in [-0.15, -0.1) is 0 Å². The summed E-state index contributed by atoms with van der Waals surface area (Å²) in [6.45, 7) is 0. The zero-order valence-corrected chi connectivity index (χ0v) is 35.5. The fourth-order valence-electron chi connectivity index (χ4n) is 7.49. The number of halogens is 4. The zero-order chi connectivity index (χ0) is 41.7. The number of carbonyl (C=O) groups excluding carboxylic acids is 4. The molecule has 0 saturated heterocycles. The third kappa shape index (κ3) is 8.08. The molecule has 5 heterocycles. The predicted molar refractivity (Wildman–Crippen MR) is 241 cm³/mol. The van der Waals surface area contributed by atoms with Gasteiger partial charge < -0.3 is 9.97 Å². The molecule has 61 heavy (non-hydrogen) atoms. The van der Waals surface area contributed by atoms with Crippen LogP contribution in [-0.2, 0) is 17.1 Å². The van der Waals surface area contributed by atoms with E-state index in [0.29, 0.717) is 45.0 Å². The molecule has 4 aromatic carbocycles. The van der Waals surface area contributed by atoms with E-state index in [1.54, 1.807) is 48.5 Å². The van der Waals surface area contributed by atoms with Crippen LogP contribution in [-0.4, -0.2) is 40.9 Å². The summed E-state index contributed by atoms with van der Waals surface area (Å²) < 4.78 is 0. The number of rotatable bonds is 8. The zero-order valence-electron chi connectivity index (χ0n) is 31.3. The van der Waals surface area contributed by atoms with Crippen molar-refractivity contribution in [3.05, 3.63) is 166 Å². The van der Waals surface area contributed by atoms with E-state index in [-0.39, 0.29) is 17.1 Å². The van der Waals surface area contributed by atoms with Crippen LogP contribution in [0.4, 0.5) is 0 Å². The molecule has 0 atom stereocenters. The molecule has 13 heteroatoms. The van der Waals surface area contributed by atoms with Crippen LogP contribution < -0.4 is 0 Å². The SMILES string of the molecule is O=C(Cl)c1ccc(-c2c3nc(c(-c4ccc(C(=O)Cl)cc4)c4ccc([nH]4)c(-c4ccc(C(=O)Cl)cc4)c4nc(c(-c5ccc(C(=O)Cl)cc5)c5ccc2[nH]5)C=C4)C=C3)cc1.[Mn]. The van der Waals surface area contributed by atoms with Gasteiger partial charge in [-0.25, -0.2) is 9.97 Å². The van der Waals surface area contributed by atoms with Crippen molar-refractivity contribution in [1.29, 1.82) is 0 Å². The largest absolute Gasteiger partial charge is 0.354 e. The second-order valence-corrected chi connectivity index (χ2v) is 15.3. The summed E-state index contributed by atoms with van der Waals surface area (Å²) in [5, 5.41) is -2.29. The van der Waals surface area contributed by atoms with Gasteiger partial charge in [-0.1, -0.05) is 48.5 Å². The average molecular weight is 920 g/mol. The Morgan fingerprint density at radius 3 is 0.705 bits per heavy atom. The summed E-state index contributed by atoms with van der Waals surface area (Å²) in [4.78, 5) is 66.0. The van der Waals surface area contributed by atoms with Crippen LogP contribution in [0.1, 0.15) is 64.2 Å². The molecular formula is C48H26Cl4MnN4O4. The maximum absolute atomic E-state index is 12.1. The second kappa shape index (κ2) is 17.1. The molecule has 7 aromatic rings. The number of H-pyrrole nitrogens is 2. The van der Waals surface area contributed by atoms with E-state index in [1.807, 2.05) is 97.1 Å². The van der Waals surface area contributed by atoms with E-state index in [2.05, 4.69) is 9.97 Å².